The molecule has 0 radical (unpaired) electrons. The third kappa shape index (κ3) is 37.2. The molecule has 12 heteroatoms. The summed E-state index contributed by atoms with van der Waals surface area (Å²) >= 11 is 0. The Morgan fingerprint density at radius 3 is 1.80 bits per heavy atom. The highest BCUT2D eigenvalue weighted by Gasteiger charge is 2.27. The molecule has 0 fully saturated rings. The van der Waals surface area contributed by atoms with Crippen LogP contribution in [0.15, 0.2) is 48.6 Å². The summed E-state index contributed by atoms with van der Waals surface area (Å²) in [6, 6.07) is 0. The lowest BCUT2D eigenvalue weighted by Crippen LogP contribution is -2.29. The molecule has 0 aliphatic rings. The van der Waals surface area contributed by atoms with E-state index in [0.717, 1.165) is 63.7 Å². The van der Waals surface area contributed by atoms with Crippen LogP contribution in [-0.2, 0) is 32.7 Å². The maximum atomic E-state index is 12.6. The first-order valence-corrected chi connectivity index (χ1v) is 22.6. The fourth-order valence-corrected chi connectivity index (χ4v) is 6.18. The van der Waals surface area contributed by atoms with Crippen molar-refractivity contribution in [2.24, 2.45) is 5.92 Å². The Labute approximate surface area is 333 Å². The van der Waals surface area contributed by atoms with Crippen molar-refractivity contribution in [2.45, 2.75) is 180 Å². The van der Waals surface area contributed by atoms with Gasteiger partial charge in [-0.1, -0.05) is 153 Å². The Bertz CT molecular complexity index is 1090. The molecular formula is C43H77O11P. The summed E-state index contributed by atoms with van der Waals surface area (Å²) in [4.78, 5) is 34.9. The van der Waals surface area contributed by atoms with Gasteiger partial charge in [-0.3, -0.25) is 18.6 Å². The first-order chi connectivity index (χ1) is 26.5. The lowest BCUT2D eigenvalue weighted by Gasteiger charge is -2.20. The minimum absolute atomic E-state index is 0.148. The molecule has 0 amide bonds. The van der Waals surface area contributed by atoms with E-state index in [1.807, 2.05) is 24.3 Å². The van der Waals surface area contributed by atoms with Crippen LogP contribution < -0.4 is 0 Å². The fraction of sp³-hybridized carbons (Fsp3) is 0.767. The van der Waals surface area contributed by atoms with Crippen LogP contribution in [0.1, 0.15) is 162 Å². The average Bonchev–Trinajstić information content (AvgIpc) is 3.17. The Balaban J connectivity index is 4.45. The van der Waals surface area contributed by atoms with Crippen molar-refractivity contribution in [1.29, 1.82) is 0 Å². The van der Waals surface area contributed by atoms with Crippen LogP contribution in [0, 0.1) is 5.92 Å². The number of unbranched alkanes of at least 4 members (excludes halogenated alkanes) is 11. The molecule has 11 nitrogen and oxygen atoms in total. The van der Waals surface area contributed by atoms with E-state index in [1.165, 1.54) is 51.4 Å². The van der Waals surface area contributed by atoms with Crippen LogP contribution >= 0.6 is 7.82 Å². The highest BCUT2D eigenvalue weighted by Crippen LogP contribution is 2.43. The molecule has 0 bridgehead atoms. The van der Waals surface area contributed by atoms with Gasteiger partial charge in [-0.05, 0) is 50.9 Å². The molecule has 0 rings (SSSR count). The minimum Gasteiger partial charge on any atom is -0.462 e. The van der Waals surface area contributed by atoms with Crippen molar-refractivity contribution in [1.82, 2.24) is 0 Å². The third-order valence-corrected chi connectivity index (χ3v) is 10.0. The van der Waals surface area contributed by atoms with Gasteiger partial charge in [0.2, 0.25) is 0 Å². The second-order valence-electron chi connectivity index (χ2n) is 14.4. The minimum atomic E-state index is -4.64. The lowest BCUT2D eigenvalue weighted by atomic mass is 9.99. The second-order valence-corrected chi connectivity index (χ2v) is 15.9. The Hall–Kier alpha value is -2.11. The van der Waals surface area contributed by atoms with Gasteiger partial charge in [-0.25, -0.2) is 4.57 Å². The smallest absolute Gasteiger partial charge is 0.462 e. The topological polar surface area (TPSA) is 169 Å². The molecule has 0 aromatic carbocycles. The number of ether oxygens (including phenoxy) is 2. The number of rotatable bonds is 38. The standard InChI is InChI=1S/C43H77O11P/c1-4-6-30-39(45)31-26-22-18-14-9-7-8-10-15-19-23-27-32-42(47)51-36-41(37-53-55(49,50)52-35-40(46)34-44)54-43(48)33-28-24-20-16-12-11-13-17-21-25-29-38(3)5-2/h7-8,14-15,18-19,26,31,38-41,44-46H,4-6,9-13,16-17,20-25,27-30,32-37H2,1-3H3,(H,49,50)/b8-7-,18-14-,19-15-,31-26-/t38?,39-,40-,41+/m0/s1. The van der Waals surface area contributed by atoms with Gasteiger partial charge in [0.1, 0.15) is 12.7 Å². The number of carbonyl (C=O) groups is 2. The number of hydrogen-bond donors (Lipinski definition) is 4. The normalized spacial score (nSPS) is 15.5. The molecule has 4 N–H and O–H groups in total. The van der Waals surface area contributed by atoms with E-state index in [-0.39, 0.29) is 25.6 Å². The molecule has 5 atom stereocenters. The first-order valence-electron chi connectivity index (χ1n) is 21.1. The molecule has 0 aliphatic heterocycles. The molecule has 2 unspecified atom stereocenters. The van der Waals surface area contributed by atoms with Crippen LogP contribution in [0.2, 0.25) is 0 Å². The predicted molar refractivity (Wildman–Crippen MR) is 220 cm³/mol. The van der Waals surface area contributed by atoms with E-state index in [2.05, 4.69) is 49.6 Å². The summed E-state index contributed by atoms with van der Waals surface area (Å²) in [5.74, 6) is -0.185. The molecule has 0 aromatic heterocycles. The van der Waals surface area contributed by atoms with Crippen LogP contribution in [0.25, 0.3) is 0 Å². The number of aliphatic hydroxyl groups excluding tert-OH is 3. The molecule has 0 heterocycles. The molecule has 0 saturated carbocycles. The van der Waals surface area contributed by atoms with Crippen LogP contribution in [-0.4, -0.2) is 76.9 Å². The zero-order chi connectivity index (χ0) is 40.8. The summed E-state index contributed by atoms with van der Waals surface area (Å²) in [5, 5.41) is 28.1. The van der Waals surface area contributed by atoms with E-state index >= 15 is 0 Å². The molecule has 0 saturated heterocycles. The van der Waals surface area contributed by atoms with Gasteiger partial charge in [0.05, 0.1) is 25.9 Å². The quantitative estimate of drug-likeness (QED) is 0.0203. The highest BCUT2D eigenvalue weighted by atomic mass is 31.2. The van der Waals surface area contributed by atoms with E-state index < -0.39 is 51.8 Å². The molecule has 55 heavy (non-hydrogen) atoms. The van der Waals surface area contributed by atoms with Crippen LogP contribution in [0.5, 0.6) is 0 Å². The van der Waals surface area contributed by atoms with E-state index in [0.29, 0.717) is 19.3 Å². The largest absolute Gasteiger partial charge is 0.472 e. The number of phosphoric acid groups is 1. The maximum Gasteiger partial charge on any atom is 0.472 e. The third-order valence-electron chi connectivity index (χ3n) is 9.10. The van der Waals surface area contributed by atoms with Gasteiger partial charge < -0.3 is 29.7 Å². The number of allylic oxidation sites excluding steroid dienone is 7. The molecule has 0 spiro atoms. The van der Waals surface area contributed by atoms with Crippen molar-refractivity contribution in [3.63, 3.8) is 0 Å². The summed E-state index contributed by atoms with van der Waals surface area (Å²) in [6.45, 7) is 4.47. The van der Waals surface area contributed by atoms with Crippen molar-refractivity contribution in [3.8, 4) is 0 Å². The summed E-state index contributed by atoms with van der Waals surface area (Å²) in [6.07, 6.45) is 34.2. The summed E-state index contributed by atoms with van der Waals surface area (Å²) < 4.78 is 32.6. The first kappa shape index (κ1) is 52.9. The summed E-state index contributed by atoms with van der Waals surface area (Å²) in [7, 11) is -4.64. The number of aliphatic hydroxyl groups is 3. The highest BCUT2D eigenvalue weighted by molar-refractivity contribution is 7.47. The molecule has 0 aliphatic carbocycles. The summed E-state index contributed by atoms with van der Waals surface area (Å²) in [5.41, 5.74) is 0. The number of hydrogen-bond acceptors (Lipinski definition) is 10. The molecule has 0 aromatic rings. The van der Waals surface area contributed by atoms with Crippen molar-refractivity contribution >= 4 is 19.8 Å². The van der Waals surface area contributed by atoms with Gasteiger partial charge in [0.15, 0.2) is 6.10 Å². The predicted octanol–water partition coefficient (Wildman–Crippen LogP) is 9.77. The van der Waals surface area contributed by atoms with E-state index in [1.54, 1.807) is 0 Å². The zero-order valence-electron chi connectivity index (χ0n) is 34.4. The van der Waals surface area contributed by atoms with Crippen molar-refractivity contribution in [2.75, 3.05) is 26.4 Å². The zero-order valence-corrected chi connectivity index (χ0v) is 35.3. The van der Waals surface area contributed by atoms with E-state index in [4.69, 9.17) is 19.1 Å². The SMILES string of the molecule is CCCC[C@H](O)/C=C\C/C=C\C/C=C\C/C=C\CCCC(=O)OC[C@H](COP(=O)(O)OC[C@@H](O)CO)OC(=O)CCCCCCCCCCCCC(C)CC. The van der Waals surface area contributed by atoms with Crippen LogP contribution in [0.3, 0.4) is 0 Å². The van der Waals surface area contributed by atoms with Crippen LogP contribution in [0.4, 0.5) is 0 Å². The fourth-order valence-electron chi connectivity index (χ4n) is 5.39. The van der Waals surface area contributed by atoms with Gasteiger partial charge in [0.25, 0.3) is 0 Å². The van der Waals surface area contributed by atoms with Gasteiger partial charge in [-0.15, -0.1) is 0 Å². The number of esters is 2. The number of phosphoric ester groups is 1. The van der Waals surface area contributed by atoms with Gasteiger partial charge in [-0.2, -0.15) is 0 Å². The van der Waals surface area contributed by atoms with E-state index in [9.17, 15) is 29.3 Å². The molecule has 320 valence electrons. The monoisotopic (exact) mass is 801 g/mol. The maximum absolute atomic E-state index is 12.6. The van der Waals surface area contributed by atoms with Gasteiger partial charge in [0, 0.05) is 12.8 Å². The lowest BCUT2D eigenvalue weighted by molar-refractivity contribution is -0.161. The Morgan fingerprint density at radius 2 is 1.20 bits per heavy atom. The Morgan fingerprint density at radius 1 is 0.655 bits per heavy atom. The molecular weight excluding hydrogens is 723 g/mol. The number of carbonyl (C=O) groups excluding carboxylic acids is 2. The average molecular weight is 801 g/mol. The van der Waals surface area contributed by atoms with Crippen molar-refractivity contribution in [3.05, 3.63) is 48.6 Å². The Kier molecular flexibility index (Phi) is 36.0. The van der Waals surface area contributed by atoms with Crippen molar-refractivity contribution < 1.29 is 52.9 Å². The van der Waals surface area contributed by atoms with Gasteiger partial charge >= 0.3 is 19.8 Å². The second kappa shape index (κ2) is 37.5.